The summed E-state index contributed by atoms with van der Waals surface area (Å²) >= 11 is 8.96. The molecule has 0 bridgehead atoms. The van der Waals surface area contributed by atoms with Gasteiger partial charge in [-0.1, -0.05) is 23.7 Å². The standard InChI is InChI=1S/C20H12BrClF2N2O2/c21-17-19(28-15-8-12(10-25)6-13(22)9-15)18(24)16(26-20(17)27)5-4-11-2-1-3-14(23)7-11/h1-3,6-9H,4-5H2,(H,26,27). The Kier molecular flexibility index (Phi) is 6.12. The minimum atomic E-state index is -0.763. The molecule has 0 saturated carbocycles. The summed E-state index contributed by atoms with van der Waals surface area (Å²) in [6, 6.07) is 12.1. The highest BCUT2D eigenvalue weighted by atomic mass is 79.9. The fourth-order valence-electron chi connectivity index (χ4n) is 2.61. The van der Waals surface area contributed by atoms with E-state index in [0.717, 1.165) is 0 Å². The Morgan fingerprint density at radius 1 is 1.18 bits per heavy atom. The average Bonchev–Trinajstić information content (AvgIpc) is 2.66. The van der Waals surface area contributed by atoms with Crippen molar-refractivity contribution in [1.82, 2.24) is 4.98 Å². The number of nitrogens with one attached hydrogen (secondary N) is 1. The van der Waals surface area contributed by atoms with Crippen molar-refractivity contribution in [3.8, 4) is 17.6 Å². The van der Waals surface area contributed by atoms with Crippen molar-refractivity contribution in [2.75, 3.05) is 0 Å². The summed E-state index contributed by atoms with van der Waals surface area (Å²) in [5.74, 6) is -1.35. The highest BCUT2D eigenvalue weighted by Crippen LogP contribution is 2.33. The first-order valence-electron chi connectivity index (χ1n) is 8.10. The van der Waals surface area contributed by atoms with Crippen molar-refractivity contribution in [3.05, 3.63) is 90.8 Å². The molecular formula is C20H12BrClF2N2O2. The Hall–Kier alpha value is -2.69. The van der Waals surface area contributed by atoms with Gasteiger partial charge in [0.2, 0.25) is 0 Å². The third kappa shape index (κ3) is 4.58. The molecule has 0 radical (unpaired) electrons. The molecule has 4 nitrogen and oxygen atoms in total. The third-order valence-electron chi connectivity index (χ3n) is 3.90. The molecule has 0 unspecified atom stereocenters. The highest BCUT2D eigenvalue weighted by Gasteiger charge is 2.19. The van der Waals surface area contributed by atoms with Crippen LogP contribution < -0.4 is 10.3 Å². The SMILES string of the molecule is N#Cc1cc(Cl)cc(Oc2c(F)c(CCc3cccc(F)c3)[nH]c(=O)c2Br)c1. The molecule has 28 heavy (non-hydrogen) atoms. The number of aromatic amines is 1. The summed E-state index contributed by atoms with van der Waals surface area (Å²) < 4.78 is 33.7. The van der Waals surface area contributed by atoms with Crippen molar-refractivity contribution in [1.29, 1.82) is 5.26 Å². The van der Waals surface area contributed by atoms with Gasteiger partial charge in [0.25, 0.3) is 5.56 Å². The number of nitrogens with zero attached hydrogens (tertiary/aromatic N) is 1. The maximum absolute atomic E-state index is 15.0. The Morgan fingerprint density at radius 3 is 2.68 bits per heavy atom. The Balaban J connectivity index is 1.93. The monoisotopic (exact) mass is 464 g/mol. The van der Waals surface area contributed by atoms with Gasteiger partial charge < -0.3 is 9.72 Å². The van der Waals surface area contributed by atoms with Crippen molar-refractivity contribution >= 4 is 27.5 Å². The van der Waals surface area contributed by atoms with Crippen LogP contribution in [0.5, 0.6) is 11.5 Å². The second-order valence-corrected chi connectivity index (χ2v) is 7.14. The molecule has 3 rings (SSSR count). The van der Waals surface area contributed by atoms with Crippen molar-refractivity contribution < 1.29 is 13.5 Å². The number of halogens is 4. The molecule has 2 aromatic carbocycles. The van der Waals surface area contributed by atoms with Gasteiger partial charge in [0.05, 0.1) is 17.3 Å². The lowest BCUT2D eigenvalue weighted by Gasteiger charge is -2.12. The van der Waals surface area contributed by atoms with E-state index < -0.39 is 11.4 Å². The number of nitriles is 1. The summed E-state index contributed by atoms with van der Waals surface area (Å²) in [7, 11) is 0. The average molecular weight is 466 g/mol. The van der Waals surface area contributed by atoms with Crippen LogP contribution in [-0.2, 0) is 12.8 Å². The molecule has 0 aliphatic rings. The fourth-order valence-corrected chi connectivity index (χ4v) is 3.19. The number of ether oxygens (including phenoxy) is 1. The second-order valence-electron chi connectivity index (χ2n) is 5.91. The maximum Gasteiger partial charge on any atom is 0.266 e. The maximum atomic E-state index is 15.0. The minimum Gasteiger partial charge on any atom is -0.453 e. The van der Waals surface area contributed by atoms with Crippen LogP contribution in [0.2, 0.25) is 5.02 Å². The molecule has 0 aliphatic heterocycles. The van der Waals surface area contributed by atoms with Crippen LogP contribution in [0, 0.1) is 23.0 Å². The van der Waals surface area contributed by atoms with Crippen molar-refractivity contribution in [2.24, 2.45) is 0 Å². The van der Waals surface area contributed by atoms with E-state index in [2.05, 4.69) is 20.9 Å². The molecule has 3 aromatic rings. The van der Waals surface area contributed by atoms with Gasteiger partial charge in [0.1, 0.15) is 16.0 Å². The molecule has 1 heterocycles. The predicted octanol–water partition coefficient (Wildman–Crippen LogP) is 5.52. The largest absolute Gasteiger partial charge is 0.453 e. The number of H-pyrrole nitrogens is 1. The first-order valence-corrected chi connectivity index (χ1v) is 9.27. The lowest BCUT2D eigenvalue weighted by atomic mass is 10.1. The first-order chi connectivity index (χ1) is 13.4. The Bertz CT molecular complexity index is 1140. The van der Waals surface area contributed by atoms with E-state index in [1.807, 2.05) is 6.07 Å². The third-order valence-corrected chi connectivity index (χ3v) is 4.84. The van der Waals surface area contributed by atoms with Crippen LogP contribution >= 0.6 is 27.5 Å². The molecule has 8 heteroatoms. The number of hydrogen-bond donors (Lipinski definition) is 1. The summed E-state index contributed by atoms with van der Waals surface area (Å²) in [6.07, 6.45) is 0.453. The predicted molar refractivity (Wildman–Crippen MR) is 105 cm³/mol. The van der Waals surface area contributed by atoms with Crippen LogP contribution in [0.25, 0.3) is 0 Å². The van der Waals surface area contributed by atoms with E-state index >= 15 is 0 Å². The number of aromatic nitrogens is 1. The van der Waals surface area contributed by atoms with Gasteiger partial charge >= 0.3 is 0 Å². The molecule has 0 aliphatic carbocycles. The smallest absolute Gasteiger partial charge is 0.266 e. The molecule has 142 valence electrons. The molecule has 0 atom stereocenters. The zero-order valence-electron chi connectivity index (χ0n) is 14.2. The van der Waals surface area contributed by atoms with Crippen molar-refractivity contribution in [3.63, 3.8) is 0 Å². The minimum absolute atomic E-state index is 0.0231. The van der Waals surface area contributed by atoms with E-state index in [1.165, 1.54) is 30.3 Å². The van der Waals surface area contributed by atoms with E-state index in [0.29, 0.717) is 12.0 Å². The number of pyridine rings is 1. The van der Waals surface area contributed by atoms with E-state index in [9.17, 15) is 13.6 Å². The molecule has 0 amide bonds. The lowest BCUT2D eigenvalue weighted by Crippen LogP contribution is -2.15. The van der Waals surface area contributed by atoms with Crippen LogP contribution in [0.4, 0.5) is 8.78 Å². The Morgan fingerprint density at radius 2 is 1.96 bits per heavy atom. The summed E-state index contributed by atoms with van der Waals surface area (Å²) in [4.78, 5) is 14.6. The van der Waals surface area contributed by atoms with Gasteiger partial charge in [-0.05, 0) is 64.7 Å². The summed E-state index contributed by atoms with van der Waals surface area (Å²) in [6.45, 7) is 0. The van der Waals surface area contributed by atoms with Crippen LogP contribution in [0.1, 0.15) is 16.8 Å². The van der Waals surface area contributed by atoms with E-state index in [1.54, 1.807) is 12.1 Å². The molecule has 1 aromatic heterocycles. The quantitative estimate of drug-likeness (QED) is 0.540. The van der Waals surface area contributed by atoms with Crippen molar-refractivity contribution in [2.45, 2.75) is 12.8 Å². The highest BCUT2D eigenvalue weighted by molar-refractivity contribution is 9.10. The zero-order chi connectivity index (χ0) is 20.3. The topological polar surface area (TPSA) is 65.9 Å². The molecule has 1 N–H and O–H groups in total. The molecule has 0 fully saturated rings. The Labute approximate surface area is 172 Å². The lowest BCUT2D eigenvalue weighted by molar-refractivity contribution is 0.430. The van der Waals surface area contributed by atoms with Gasteiger partial charge in [-0.2, -0.15) is 5.26 Å². The summed E-state index contributed by atoms with van der Waals surface area (Å²) in [5, 5.41) is 9.26. The number of hydrogen-bond acceptors (Lipinski definition) is 3. The van der Waals surface area contributed by atoms with Gasteiger partial charge in [0.15, 0.2) is 11.6 Å². The molecule has 0 saturated heterocycles. The van der Waals surface area contributed by atoms with Gasteiger partial charge in [-0.15, -0.1) is 0 Å². The fraction of sp³-hybridized carbons (Fsp3) is 0.100. The number of benzene rings is 2. The summed E-state index contributed by atoms with van der Waals surface area (Å²) in [5.41, 5.74) is 0.345. The van der Waals surface area contributed by atoms with Crippen LogP contribution in [-0.4, -0.2) is 4.98 Å². The van der Waals surface area contributed by atoms with Gasteiger partial charge in [-0.25, -0.2) is 8.78 Å². The van der Waals surface area contributed by atoms with E-state index in [4.69, 9.17) is 21.6 Å². The van der Waals surface area contributed by atoms with Crippen LogP contribution in [0.3, 0.4) is 0 Å². The van der Waals surface area contributed by atoms with Crippen LogP contribution in [0.15, 0.2) is 51.7 Å². The molecule has 0 spiro atoms. The van der Waals surface area contributed by atoms with Gasteiger partial charge in [0, 0.05) is 5.02 Å². The van der Waals surface area contributed by atoms with E-state index in [-0.39, 0.29) is 44.5 Å². The normalized spacial score (nSPS) is 10.5. The number of aryl methyl sites for hydroxylation is 2. The first kappa shape index (κ1) is 20.1. The second kappa shape index (κ2) is 8.55. The molecular weight excluding hydrogens is 454 g/mol. The zero-order valence-corrected chi connectivity index (χ0v) is 16.6. The van der Waals surface area contributed by atoms with Gasteiger partial charge in [-0.3, -0.25) is 4.79 Å². The number of rotatable bonds is 5.